The van der Waals surface area contributed by atoms with Crippen LogP contribution in [0.15, 0.2) is 67.3 Å². The number of benzene rings is 2. The van der Waals surface area contributed by atoms with Gasteiger partial charge in [-0.25, -0.2) is 9.67 Å². The second kappa shape index (κ2) is 7.29. The van der Waals surface area contributed by atoms with Crippen molar-refractivity contribution in [3.63, 3.8) is 0 Å². The zero-order chi connectivity index (χ0) is 16.8. The topological polar surface area (TPSA) is 54.5 Å². The Bertz CT molecular complexity index is 807. The summed E-state index contributed by atoms with van der Waals surface area (Å²) in [6.45, 7) is 0. The second-order valence-electron chi connectivity index (χ2n) is 5.77. The van der Waals surface area contributed by atoms with Gasteiger partial charge in [0.15, 0.2) is 5.54 Å². The number of aromatic nitrogens is 3. The third-order valence-electron chi connectivity index (χ3n) is 4.15. The Morgan fingerprint density at radius 2 is 1.79 bits per heavy atom. The van der Waals surface area contributed by atoms with Gasteiger partial charge >= 0.3 is 0 Å². The molecule has 5 heteroatoms. The van der Waals surface area contributed by atoms with Crippen LogP contribution in [0.3, 0.4) is 0 Å². The van der Waals surface area contributed by atoms with Gasteiger partial charge in [0.25, 0.3) is 0 Å². The summed E-state index contributed by atoms with van der Waals surface area (Å²) in [5, 5.41) is 14.9. The molecule has 0 spiro atoms. The number of halogens is 1. The third-order valence-corrected chi connectivity index (χ3v) is 4.40. The lowest BCUT2D eigenvalue weighted by Gasteiger charge is -2.27. The molecule has 0 saturated carbocycles. The average molecular weight is 337 g/mol. The maximum atomic E-state index is 9.97. The van der Waals surface area contributed by atoms with Crippen molar-refractivity contribution in [1.82, 2.24) is 14.8 Å². The van der Waals surface area contributed by atoms with Crippen LogP contribution in [0, 0.1) is 11.3 Å². The lowest BCUT2D eigenvalue weighted by molar-refractivity contribution is 0.317. The summed E-state index contributed by atoms with van der Waals surface area (Å²) >= 11 is 5.94. The van der Waals surface area contributed by atoms with E-state index in [1.165, 1.54) is 6.33 Å². The van der Waals surface area contributed by atoms with E-state index < -0.39 is 5.54 Å². The Balaban J connectivity index is 1.87. The van der Waals surface area contributed by atoms with Crippen LogP contribution in [0.25, 0.3) is 0 Å². The van der Waals surface area contributed by atoms with Crippen molar-refractivity contribution in [2.75, 3.05) is 0 Å². The average Bonchev–Trinajstić information content (AvgIpc) is 3.16. The van der Waals surface area contributed by atoms with Gasteiger partial charge < -0.3 is 0 Å². The van der Waals surface area contributed by atoms with E-state index in [-0.39, 0.29) is 0 Å². The van der Waals surface area contributed by atoms with Gasteiger partial charge in [-0.2, -0.15) is 10.4 Å². The highest BCUT2D eigenvalue weighted by Crippen LogP contribution is 2.27. The van der Waals surface area contributed by atoms with Crippen molar-refractivity contribution in [3.05, 3.63) is 83.4 Å². The van der Waals surface area contributed by atoms with Crippen LogP contribution in [0.5, 0.6) is 0 Å². The molecule has 120 valence electrons. The summed E-state index contributed by atoms with van der Waals surface area (Å²) in [6, 6.07) is 20.2. The first-order valence-corrected chi connectivity index (χ1v) is 8.14. The van der Waals surface area contributed by atoms with Gasteiger partial charge in [0.1, 0.15) is 12.7 Å². The van der Waals surface area contributed by atoms with E-state index in [9.17, 15) is 5.26 Å². The predicted octanol–water partition coefficient (Wildman–Crippen LogP) is 4.03. The maximum absolute atomic E-state index is 9.97. The van der Waals surface area contributed by atoms with Gasteiger partial charge in [0, 0.05) is 11.4 Å². The first kappa shape index (κ1) is 16.2. The minimum absolute atomic E-state index is 0.585. The zero-order valence-corrected chi connectivity index (χ0v) is 13.9. The molecule has 0 fully saturated rings. The number of hydrogen-bond acceptors (Lipinski definition) is 3. The molecule has 2 aromatic carbocycles. The fourth-order valence-corrected chi connectivity index (χ4v) is 2.92. The van der Waals surface area contributed by atoms with E-state index in [4.69, 9.17) is 11.6 Å². The van der Waals surface area contributed by atoms with Crippen molar-refractivity contribution in [1.29, 1.82) is 5.26 Å². The van der Waals surface area contributed by atoms with Gasteiger partial charge in [-0.05, 0) is 36.1 Å². The van der Waals surface area contributed by atoms with E-state index in [1.807, 2.05) is 54.6 Å². The van der Waals surface area contributed by atoms with Crippen LogP contribution in [-0.2, 0) is 18.4 Å². The van der Waals surface area contributed by atoms with Crippen molar-refractivity contribution in [2.45, 2.75) is 24.8 Å². The molecule has 0 amide bonds. The molecule has 3 rings (SSSR count). The molecule has 0 aliphatic heterocycles. The monoisotopic (exact) mass is 336 g/mol. The molecule has 1 aromatic heterocycles. The molecular weight excluding hydrogens is 320 g/mol. The van der Waals surface area contributed by atoms with E-state index in [1.54, 1.807) is 11.0 Å². The number of nitrogens with zero attached hydrogens (tertiary/aromatic N) is 4. The minimum Gasteiger partial charge on any atom is -0.232 e. The molecular formula is C19H17ClN4. The normalized spacial score (nSPS) is 13.2. The summed E-state index contributed by atoms with van der Waals surface area (Å²) in [5.41, 5.74) is 1.48. The largest absolute Gasteiger partial charge is 0.232 e. The number of aryl methyl sites for hydroxylation is 1. The summed E-state index contributed by atoms with van der Waals surface area (Å²) in [7, 11) is 0. The van der Waals surface area contributed by atoms with E-state index in [0.717, 1.165) is 17.5 Å². The van der Waals surface area contributed by atoms with Crippen LogP contribution >= 0.6 is 11.6 Å². The molecule has 0 bridgehead atoms. The van der Waals surface area contributed by atoms with Gasteiger partial charge in [-0.15, -0.1) is 0 Å². The maximum Gasteiger partial charge on any atom is 0.154 e. The highest BCUT2D eigenvalue weighted by Gasteiger charge is 2.33. The molecule has 3 aromatic rings. The Morgan fingerprint density at radius 1 is 1.04 bits per heavy atom. The molecule has 0 aliphatic rings. The number of nitriles is 1. The first-order chi connectivity index (χ1) is 11.7. The van der Waals surface area contributed by atoms with Crippen LogP contribution in [0.1, 0.15) is 17.5 Å². The Morgan fingerprint density at radius 3 is 2.42 bits per heavy atom. The minimum atomic E-state index is -0.766. The van der Waals surface area contributed by atoms with E-state index in [2.05, 4.69) is 16.2 Å². The fraction of sp³-hybridized carbons (Fsp3) is 0.211. The summed E-state index contributed by atoms with van der Waals surface area (Å²) in [5.74, 6) is 0. The Hall–Kier alpha value is -2.64. The lowest BCUT2D eigenvalue weighted by Crippen LogP contribution is -2.35. The predicted molar refractivity (Wildman–Crippen MR) is 93.5 cm³/mol. The molecule has 4 nitrogen and oxygen atoms in total. The van der Waals surface area contributed by atoms with Crippen LogP contribution in [-0.4, -0.2) is 14.8 Å². The summed E-state index contributed by atoms with van der Waals surface area (Å²) in [4.78, 5) is 4.03. The molecule has 1 atom stereocenters. The molecule has 0 radical (unpaired) electrons. The first-order valence-electron chi connectivity index (χ1n) is 7.77. The summed E-state index contributed by atoms with van der Waals surface area (Å²) in [6.07, 6.45) is 5.08. The number of hydrogen-bond donors (Lipinski definition) is 0. The molecule has 0 saturated heterocycles. The lowest BCUT2D eigenvalue weighted by atomic mass is 9.86. The number of rotatable bonds is 6. The van der Waals surface area contributed by atoms with E-state index >= 15 is 0 Å². The standard InChI is InChI=1S/C19H17ClN4/c20-18-8-6-16(7-9-18)10-11-19(13-21,24-15-22-14-23-24)12-17-4-2-1-3-5-17/h1-9,14-15H,10-12H2. The second-order valence-corrected chi connectivity index (χ2v) is 6.21. The Labute approximate surface area is 146 Å². The quantitative estimate of drug-likeness (QED) is 0.683. The van der Waals surface area contributed by atoms with Crippen molar-refractivity contribution in [2.24, 2.45) is 0 Å². The van der Waals surface area contributed by atoms with Gasteiger partial charge in [0.2, 0.25) is 0 Å². The van der Waals surface area contributed by atoms with Crippen LogP contribution in [0.4, 0.5) is 0 Å². The van der Waals surface area contributed by atoms with Crippen LogP contribution < -0.4 is 0 Å². The molecule has 1 unspecified atom stereocenters. The van der Waals surface area contributed by atoms with Crippen molar-refractivity contribution >= 4 is 11.6 Å². The highest BCUT2D eigenvalue weighted by molar-refractivity contribution is 6.30. The third kappa shape index (κ3) is 3.64. The molecule has 0 aliphatic carbocycles. The van der Waals surface area contributed by atoms with E-state index in [0.29, 0.717) is 17.9 Å². The van der Waals surface area contributed by atoms with Gasteiger partial charge in [0.05, 0.1) is 6.07 Å². The highest BCUT2D eigenvalue weighted by atomic mass is 35.5. The van der Waals surface area contributed by atoms with Crippen LogP contribution in [0.2, 0.25) is 5.02 Å². The van der Waals surface area contributed by atoms with Crippen molar-refractivity contribution in [3.8, 4) is 6.07 Å². The smallest absolute Gasteiger partial charge is 0.154 e. The molecule has 1 heterocycles. The zero-order valence-electron chi connectivity index (χ0n) is 13.1. The van der Waals surface area contributed by atoms with Crippen molar-refractivity contribution < 1.29 is 0 Å². The SMILES string of the molecule is N#CC(CCc1ccc(Cl)cc1)(Cc1ccccc1)n1cncn1. The van der Waals surface area contributed by atoms with Gasteiger partial charge in [-0.1, -0.05) is 54.1 Å². The summed E-state index contributed by atoms with van der Waals surface area (Å²) < 4.78 is 1.68. The fourth-order valence-electron chi connectivity index (χ4n) is 2.80. The molecule has 0 N–H and O–H groups in total. The Kier molecular flexibility index (Phi) is 4.93. The molecule has 24 heavy (non-hydrogen) atoms. The van der Waals surface area contributed by atoms with Gasteiger partial charge in [-0.3, -0.25) is 0 Å².